The van der Waals surface area contributed by atoms with Crippen LogP contribution in [-0.4, -0.2) is 26.4 Å². The molecule has 144 valence electrons. The number of hydrogen-bond donors (Lipinski definition) is 3. The van der Waals surface area contributed by atoms with Crippen molar-refractivity contribution in [2.45, 2.75) is 13.8 Å². The van der Waals surface area contributed by atoms with Crippen LogP contribution in [0.2, 0.25) is 0 Å². The Morgan fingerprint density at radius 3 is 2.14 bits per heavy atom. The maximum atomic E-state index is 11.0. The second-order valence-electron chi connectivity index (χ2n) is 6.74. The van der Waals surface area contributed by atoms with Gasteiger partial charge in [0.25, 0.3) is 0 Å². The monoisotopic (exact) mass is 384 g/mol. The zero-order valence-electron chi connectivity index (χ0n) is 16.1. The van der Waals surface area contributed by atoms with Crippen molar-refractivity contribution < 1.29 is 10.2 Å². The van der Waals surface area contributed by atoms with E-state index in [2.05, 4.69) is 20.5 Å². The van der Waals surface area contributed by atoms with Gasteiger partial charge in [0.1, 0.15) is 11.5 Å². The molecule has 6 nitrogen and oxygen atoms in total. The lowest BCUT2D eigenvalue weighted by Gasteiger charge is -2.14. The predicted octanol–water partition coefficient (Wildman–Crippen LogP) is 4.77. The fraction of sp³-hybridized carbons (Fsp3) is 0.0870. The lowest BCUT2D eigenvalue weighted by molar-refractivity contribution is 0.458. The number of aryl methyl sites for hydroxylation is 2. The summed E-state index contributed by atoms with van der Waals surface area (Å²) in [5, 5.41) is 27.4. The highest BCUT2D eigenvalue weighted by molar-refractivity contribution is 6.09. The molecule has 1 aromatic heterocycles. The second-order valence-corrected chi connectivity index (χ2v) is 6.74. The molecule has 0 atom stereocenters. The summed E-state index contributed by atoms with van der Waals surface area (Å²) in [6.07, 6.45) is 1.52. The van der Waals surface area contributed by atoms with Gasteiger partial charge >= 0.3 is 0 Å². The van der Waals surface area contributed by atoms with Crippen LogP contribution >= 0.6 is 0 Å². The molecule has 0 radical (unpaired) electrons. The SMILES string of the molecule is Cc1cc(C)nc(N/N=C/c2c(O)c(-c3ccccc3)c(O)c3ccccc23)n1. The van der Waals surface area contributed by atoms with E-state index in [0.717, 1.165) is 11.4 Å². The molecule has 0 fully saturated rings. The Balaban J connectivity index is 1.83. The molecular weight excluding hydrogens is 364 g/mol. The van der Waals surface area contributed by atoms with Crippen LogP contribution in [-0.2, 0) is 0 Å². The molecule has 0 aliphatic heterocycles. The molecule has 0 spiro atoms. The van der Waals surface area contributed by atoms with Gasteiger partial charge in [-0.15, -0.1) is 0 Å². The topological polar surface area (TPSA) is 90.6 Å². The van der Waals surface area contributed by atoms with Crippen LogP contribution in [0, 0.1) is 13.8 Å². The molecule has 4 rings (SSSR count). The lowest BCUT2D eigenvalue weighted by Crippen LogP contribution is -2.00. The molecule has 0 amide bonds. The van der Waals surface area contributed by atoms with Gasteiger partial charge in [0.05, 0.1) is 11.8 Å². The van der Waals surface area contributed by atoms with Crippen LogP contribution in [0.15, 0.2) is 65.8 Å². The van der Waals surface area contributed by atoms with Crippen LogP contribution in [0.4, 0.5) is 5.95 Å². The summed E-state index contributed by atoms with van der Waals surface area (Å²) in [5.74, 6) is 0.371. The first-order valence-electron chi connectivity index (χ1n) is 9.18. The van der Waals surface area contributed by atoms with E-state index in [-0.39, 0.29) is 11.5 Å². The minimum atomic E-state index is -0.0423. The fourth-order valence-corrected chi connectivity index (χ4v) is 3.37. The Bertz CT molecular complexity index is 1200. The summed E-state index contributed by atoms with van der Waals surface area (Å²) in [4.78, 5) is 8.58. The number of nitrogens with one attached hydrogen (secondary N) is 1. The van der Waals surface area contributed by atoms with Crippen molar-refractivity contribution in [2.24, 2.45) is 5.10 Å². The number of rotatable bonds is 4. The number of phenols is 2. The van der Waals surface area contributed by atoms with E-state index in [4.69, 9.17) is 0 Å². The van der Waals surface area contributed by atoms with E-state index >= 15 is 0 Å². The Morgan fingerprint density at radius 1 is 0.828 bits per heavy atom. The van der Waals surface area contributed by atoms with Crippen molar-refractivity contribution in [1.82, 2.24) is 9.97 Å². The van der Waals surface area contributed by atoms with Crippen molar-refractivity contribution >= 4 is 22.9 Å². The van der Waals surface area contributed by atoms with Crippen molar-refractivity contribution in [3.63, 3.8) is 0 Å². The molecule has 0 aliphatic carbocycles. The van der Waals surface area contributed by atoms with E-state index in [1.165, 1.54) is 6.21 Å². The Hall–Kier alpha value is -3.93. The number of nitrogens with zero attached hydrogens (tertiary/aromatic N) is 3. The highest BCUT2D eigenvalue weighted by atomic mass is 16.3. The van der Waals surface area contributed by atoms with Crippen LogP contribution < -0.4 is 5.43 Å². The summed E-state index contributed by atoms with van der Waals surface area (Å²) in [6.45, 7) is 3.77. The fourth-order valence-electron chi connectivity index (χ4n) is 3.37. The zero-order valence-corrected chi connectivity index (χ0v) is 16.1. The summed E-state index contributed by atoms with van der Waals surface area (Å²) in [5.41, 5.74) is 6.06. The van der Waals surface area contributed by atoms with Gasteiger partial charge in [-0.1, -0.05) is 54.6 Å². The summed E-state index contributed by atoms with van der Waals surface area (Å²) >= 11 is 0. The van der Waals surface area contributed by atoms with E-state index in [1.807, 2.05) is 74.5 Å². The van der Waals surface area contributed by atoms with Gasteiger partial charge in [0, 0.05) is 22.3 Å². The zero-order chi connectivity index (χ0) is 20.4. The van der Waals surface area contributed by atoms with Gasteiger partial charge in [0.15, 0.2) is 0 Å². The number of benzene rings is 3. The molecule has 6 heteroatoms. The van der Waals surface area contributed by atoms with Gasteiger partial charge in [-0.25, -0.2) is 15.4 Å². The maximum Gasteiger partial charge on any atom is 0.243 e. The molecule has 0 unspecified atom stereocenters. The van der Waals surface area contributed by atoms with E-state index in [9.17, 15) is 10.2 Å². The first kappa shape index (κ1) is 18.4. The minimum Gasteiger partial charge on any atom is -0.507 e. The molecule has 0 saturated carbocycles. The van der Waals surface area contributed by atoms with Crippen LogP contribution in [0.1, 0.15) is 17.0 Å². The van der Waals surface area contributed by atoms with E-state index in [0.29, 0.717) is 33.4 Å². The smallest absolute Gasteiger partial charge is 0.243 e. The quantitative estimate of drug-likeness (QED) is 0.348. The molecule has 1 heterocycles. The van der Waals surface area contributed by atoms with Crippen LogP contribution in [0.3, 0.4) is 0 Å². The second kappa shape index (κ2) is 7.59. The van der Waals surface area contributed by atoms with Crippen molar-refractivity contribution in [3.8, 4) is 22.6 Å². The van der Waals surface area contributed by atoms with Crippen LogP contribution in [0.25, 0.3) is 21.9 Å². The highest BCUT2D eigenvalue weighted by Crippen LogP contribution is 2.45. The summed E-state index contributed by atoms with van der Waals surface area (Å²) < 4.78 is 0. The molecule has 0 aliphatic rings. The largest absolute Gasteiger partial charge is 0.507 e. The van der Waals surface area contributed by atoms with E-state index in [1.54, 1.807) is 0 Å². The number of phenolic OH excluding ortho intramolecular Hbond substituents is 2. The minimum absolute atomic E-state index is 0.0343. The predicted molar refractivity (Wildman–Crippen MR) is 115 cm³/mol. The summed E-state index contributed by atoms with van der Waals surface area (Å²) in [6, 6.07) is 18.5. The molecule has 0 saturated heterocycles. The van der Waals surface area contributed by atoms with Gasteiger partial charge in [-0.2, -0.15) is 5.10 Å². The molecule has 0 bridgehead atoms. The highest BCUT2D eigenvalue weighted by Gasteiger charge is 2.19. The van der Waals surface area contributed by atoms with E-state index < -0.39 is 0 Å². The number of hydrazone groups is 1. The standard InChI is InChI=1S/C23H20N4O2/c1-14-12-15(2)26-23(25-14)27-24-13-19-17-10-6-7-11-18(17)21(28)20(22(19)29)16-8-4-3-5-9-16/h3-13,28-29H,1-2H3,(H,25,26,27)/b24-13+. The third-order valence-corrected chi connectivity index (χ3v) is 4.60. The molecule has 3 aromatic carbocycles. The third-order valence-electron chi connectivity index (χ3n) is 4.60. The normalized spacial score (nSPS) is 11.2. The number of fused-ring (bicyclic) bond motifs is 1. The first-order valence-corrected chi connectivity index (χ1v) is 9.18. The van der Waals surface area contributed by atoms with Crippen molar-refractivity contribution in [3.05, 3.63) is 77.6 Å². The molecule has 4 aromatic rings. The van der Waals surface area contributed by atoms with Gasteiger partial charge in [-0.3, -0.25) is 0 Å². The van der Waals surface area contributed by atoms with Gasteiger partial charge in [0.2, 0.25) is 5.95 Å². The number of aromatic hydroxyl groups is 2. The maximum absolute atomic E-state index is 11.0. The van der Waals surface area contributed by atoms with Gasteiger partial charge in [-0.05, 0) is 30.9 Å². The number of anilines is 1. The Morgan fingerprint density at radius 2 is 1.45 bits per heavy atom. The lowest BCUT2D eigenvalue weighted by atomic mass is 9.94. The average Bonchev–Trinajstić information content (AvgIpc) is 2.71. The molecule has 29 heavy (non-hydrogen) atoms. The van der Waals surface area contributed by atoms with Crippen molar-refractivity contribution in [2.75, 3.05) is 5.43 Å². The Labute approximate surface area is 168 Å². The first-order chi connectivity index (χ1) is 14.0. The van der Waals surface area contributed by atoms with Crippen LogP contribution in [0.5, 0.6) is 11.5 Å². The third kappa shape index (κ3) is 3.60. The number of aromatic nitrogens is 2. The summed E-state index contributed by atoms with van der Waals surface area (Å²) in [7, 11) is 0. The number of hydrogen-bond acceptors (Lipinski definition) is 6. The van der Waals surface area contributed by atoms with Crippen molar-refractivity contribution in [1.29, 1.82) is 0 Å². The van der Waals surface area contributed by atoms with Gasteiger partial charge < -0.3 is 10.2 Å². The Kier molecular flexibility index (Phi) is 4.83. The average molecular weight is 384 g/mol. The molecule has 3 N–H and O–H groups in total. The molecular formula is C23H20N4O2.